The van der Waals surface area contributed by atoms with Gasteiger partial charge in [0.1, 0.15) is 0 Å². The zero-order valence-electron chi connectivity index (χ0n) is 11.3. The summed E-state index contributed by atoms with van der Waals surface area (Å²) in [4.78, 5) is 4.45. The lowest BCUT2D eigenvalue weighted by Gasteiger charge is -2.04. The Bertz CT molecular complexity index is 811. The van der Waals surface area contributed by atoms with Gasteiger partial charge in [0.25, 0.3) is 0 Å². The molecule has 2 aromatic heterocycles. The van der Waals surface area contributed by atoms with Gasteiger partial charge in [-0.15, -0.1) is 5.10 Å². The molecule has 21 heavy (non-hydrogen) atoms. The number of aromatic nitrogens is 3. The highest BCUT2D eigenvalue weighted by atomic mass is 79.9. The van der Waals surface area contributed by atoms with E-state index >= 15 is 0 Å². The average molecular weight is 344 g/mol. The van der Waals surface area contributed by atoms with Crippen molar-refractivity contribution in [1.82, 2.24) is 19.9 Å². The van der Waals surface area contributed by atoms with Crippen molar-refractivity contribution >= 4 is 27.5 Å². The molecule has 1 aromatic carbocycles. The molecule has 0 aliphatic carbocycles. The van der Waals surface area contributed by atoms with Crippen LogP contribution in [-0.4, -0.2) is 14.6 Å². The molecule has 1 aliphatic rings. The molecular weight excluding hydrogens is 330 g/mol. The van der Waals surface area contributed by atoms with Gasteiger partial charge in [0.05, 0.1) is 0 Å². The number of hydrogen-bond acceptors (Lipinski definition) is 4. The fourth-order valence-corrected chi connectivity index (χ4v) is 2.90. The quantitative estimate of drug-likeness (QED) is 0.767. The van der Waals surface area contributed by atoms with Crippen LogP contribution in [0, 0.1) is 0 Å². The molecule has 106 valence electrons. The van der Waals surface area contributed by atoms with E-state index in [1.54, 1.807) is 4.52 Å². The summed E-state index contributed by atoms with van der Waals surface area (Å²) >= 11 is 3.43. The fraction of sp³-hybridized carbons (Fsp3) is 0.200. The van der Waals surface area contributed by atoms with Gasteiger partial charge < -0.3 is 10.6 Å². The van der Waals surface area contributed by atoms with Crippen LogP contribution in [0.2, 0.25) is 0 Å². The van der Waals surface area contributed by atoms with E-state index in [4.69, 9.17) is 0 Å². The summed E-state index contributed by atoms with van der Waals surface area (Å²) in [6.45, 7) is 2.67. The molecule has 0 atom stereocenters. The normalized spacial score (nSPS) is 13.6. The molecule has 6 heteroatoms. The summed E-state index contributed by atoms with van der Waals surface area (Å²) in [5.41, 5.74) is 4.87. The molecule has 5 nitrogen and oxygen atoms in total. The van der Waals surface area contributed by atoms with Crippen molar-refractivity contribution in [1.29, 1.82) is 0 Å². The van der Waals surface area contributed by atoms with Crippen LogP contribution < -0.4 is 10.6 Å². The summed E-state index contributed by atoms with van der Waals surface area (Å²) < 4.78 is 2.75. The number of pyridine rings is 1. The Balaban J connectivity index is 1.52. The standard InChI is InChI=1S/C15H14BrN5/c16-13-3-4-14-19-15(20-21(14)9-13)18-6-10-1-2-11-7-17-8-12(11)5-10/h1-5,9,17H,6-8H2,(H,18,20). The minimum Gasteiger partial charge on any atom is -0.349 e. The maximum absolute atomic E-state index is 4.45. The highest BCUT2D eigenvalue weighted by Crippen LogP contribution is 2.18. The number of rotatable bonds is 3. The van der Waals surface area contributed by atoms with Gasteiger partial charge in [-0.1, -0.05) is 18.2 Å². The maximum Gasteiger partial charge on any atom is 0.243 e. The first-order valence-corrected chi connectivity index (χ1v) is 7.64. The third-order valence-corrected chi connectivity index (χ3v) is 4.12. The Hall–Kier alpha value is -1.92. The van der Waals surface area contributed by atoms with Crippen molar-refractivity contribution in [2.45, 2.75) is 19.6 Å². The second kappa shape index (κ2) is 5.13. The van der Waals surface area contributed by atoms with Crippen LogP contribution in [0.25, 0.3) is 5.65 Å². The van der Waals surface area contributed by atoms with Crippen molar-refractivity contribution in [3.8, 4) is 0 Å². The lowest BCUT2D eigenvalue weighted by Crippen LogP contribution is -2.02. The molecule has 0 spiro atoms. The van der Waals surface area contributed by atoms with Crippen LogP contribution in [0.1, 0.15) is 16.7 Å². The Morgan fingerprint density at radius 2 is 2.10 bits per heavy atom. The lowest BCUT2D eigenvalue weighted by molar-refractivity contribution is 0.764. The highest BCUT2D eigenvalue weighted by Gasteiger charge is 2.10. The third kappa shape index (κ3) is 2.52. The summed E-state index contributed by atoms with van der Waals surface area (Å²) in [6.07, 6.45) is 1.90. The molecular formula is C15H14BrN5. The molecule has 3 heterocycles. The van der Waals surface area contributed by atoms with Crippen LogP contribution in [0.3, 0.4) is 0 Å². The van der Waals surface area contributed by atoms with E-state index in [1.165, 1.54) is 16.7 Å². The molecule has 0 saturated heterocycles. The third-order valence-electron chi connectivity index (χ3n) is 3.65. The smallest absolute Gasteiger partial charge is 0.243 e. The molecule has 0 unspecified atom stereocenters. The fourth-order valence-electron chi connectivity index (χ4n) is 2.57. The van der Waals surface area contributed by atoms with Gasteiger partial charge in [0, 0.05) is 30.3 Å². The minimum absolute atomic E-state index is 0.645. The van der Waals surface area contributed by atoms with E-state index in [0.717, 1.165) is 29.8 Å². The number of hydrogen-bond donors (Lipinski definition) is 2. The van der Waals surface area contributed by atoms with E-state index in [1.807, 2.05) is 18.3 Å². The second-order valence-electron chi connectivity index (χ2n) is 5.15. The average Bonchev–Trinajstić information content (AvgIpc) is 3.09. The summed E-state index contributed by atoms with van der Waals surface area (Å²) in [7, 11) is 0. The van der Waals surface area contributed by atoms with Crippen molar-refractivity contribution < 1.29 is 0 Å². The molecule has 0 fully saturated rings. The monoisotopic (exact) mass is 343 g/mol. The minimum atomic E-state index is 0.645. The Morgan fingerprint density at radius 3 is 3.05 bits per heavy atom. The van der Waals surface area contributed by atoms with Crippen LogP contribution >= 0.6 is 15.9 Å². The predicted molar refractivity (Wildman–Crippen MR) is 85.0 cm³/mol. The molecule has 0 radical (unpaired) electrons. The SMILES string of the molecule is Brc1ccc2nc(NCc3ccc4c(c3)CNC4)nn2c1. The molecule has 2 N–H and O–H groups in total. The van der Waals surface area contributed by atoms with Gasteiger partial charge in [0.15, 0.2) is 5.65 Å². The van der Waals surface area contributed by atoms with Gasteiger partial charge in [-0.05, 0) is 44.8 Å². The maximum atomic E-state index is 4.45. The van der Waals surface area contributed by atoms with Gasteiger partial charge in [0.2, 0.25) is 5.95 Å². The van der Waals surface area contributed by atoms with Crippen molar-refractivity contribution in [2.24, 2.45) is 0 Å². The first kappa shape index (κ1) is 12.8. The molecule has 0 amide bonds. The van der Waals surface area contributed by atoms with Crippen molar-refractivity contribution in [2.75, 3.05) is 5.32 Å². The van der Waals surface area contributed by atoms with Gasteiger partial charge >= 0.3 is 0 Å². The van der Waals surface area contributed by atoms with Gasteiger partial charge in [-0.3, -0.25) is 0 Å². The summed E-state index contributed by atoms with van der Waals surface area (Å²) in [6, 6.07) is 10.5. The molecule has 0 bridgehead atoms. The van der Waals surface area contributed by atoms with E-state index in [2.05, 4.69) is 54.8 Å². The zero-order chi connectivity index (χ0) is 14.2. The van der Waals surface area contributed by atoms with Crippen LogP contribution in [0.4, 0.5) is 5.95 Å². The number of fused-ring (bicyclic) bond motifs is 2. The van der Waals surface area contributed by atoms with Gasteiger partial charge in [-0.25, -0.2) is 4.52 Å². The van der Waals surface area contributed by atoms with E-state index < -0.39 is 0 Å². The number of anilines is 1. The Morgan fingerprint density at radius 1 is 1.19 bits per heavy atom. The topological polar surface area (TPSA) is 54.2 Å². The predicted octanol–water partition coefficient (Wildman–Crippen LogP) is 2.71. The first-order valence-electron chi connectivity index (χ1n) is 6.85. The first-order chi connectivity index (χ1) is 10.3. The number of halogens is 1. The van der Waals surface area contributed by atoms with E-state index in [9.17, 15) is 0 Å². The van der Waals surface area contributed by atoms with Crippen LogP contribution in [0.15, 0.2) is 41.0 Å². The van der Waals surface area contributed by atoms with E-state index in [0.29, 0.717) is 5.95 Å². The number of benzene rings is 1. The van der Waals surface area contributed by atoms with Crippen molar-refractivity contribution in [3.05, 3.63) is 57.7 Å². The Labute approximate surface area is 130 Å². The van der Waals surface area contributed by atoms with Crippen molar-refractivity contribution in [3.63, 3.8) is 0 Å². The molecule has 4 rings (SSSR count). The van der Waals surface area contributed by atoms with Gasteiger partial charge in [-0.2, -0.15) is 4.98 Å². The second-order valence-corrected chi connectivity index (χ2v) is 6.06. The number of nitrogens with zero attached hydrogens (tertiary/aromatic N) is 3. The lowest BCUT2D eigenvalue weighted by atomic mass is 10.1. The molecule has 1 aliphatic heterocycles. The highest BCUT2D eigenvalue weighted by molar-refractivity contribution is 9.10. The largest absolute Gasteiger partial charge is 0.349 e. The van der Waals surface area contributed by atoms with Crippen LogP contribution in [-0.2, 0) is 19.6 Å². The summed E-state index contributed by atoms with van der Waals surface area (Å²) in [5, 5.41) is 11.1. The number of nitrogens with one attached hydrogen (secondary N) is 2. The molecule has 3 aromatic rings. The van der Waals surface area contributed by atoms with Crippen LogP contribution in [0.5, 0.6) is 0 Å². The van der Waals surface area contributed by atoms with E-state index in [-0.39, 0.29) is 0 Å². The Kier molecular flexibility index (Phi) is 3.12. The molecule has 0 saturated carbocycles. The zero-order valence-corrected chi connectivity index (χ0v) is 12.9. The summed E-state index contributed by atoms with van der Waals surface area (Å²) in [5.74, 6) is 0.645.